The minimum Gasteiger partial charge on any atom is -0.321 e. The summed E-state index contributed by atoms with van der Waals surface area (Å²) in [6.45, 7) is 6.61. The molecule has 1 aromatic carbocycles. The van der Waals surface area contributed by atoms with E-state index in [0.717, 1.165) is 28.3 Å². The summed E-state index contributed by atoms with van der Waals surface area (Å²) in [4.78, 5) is 12.3. The van der Waals surface area contributed by atoms with Gasteiger partial charge in [-0.25, -0.2) is 0 Å². The van der Waals surface area contributed by atoms with Crippen molar-refractivity contribution in [3.05, 3.63) is 64.7 Å². The van der Waals surface area contributed by atoms with E-state index in [4.69, 9.17) is 0 Å². The van der Waals surface area contributed by atoms with Crippen molar-refractivity contribution in [2.24, 2.45) is 7.05 Å². The van der Waals surface area contributed by atoms with Gasteiger partial charge in [-0.05, 0) is 50.6 Å². The Balaban J connectivity index is 1.75. The standard InChI is InChI=1S/C18H21N5O/c1-12-8-14(3)23(20-12)11-15-6-5-7-16(10-15)19-18(24)17-9-13(2)22(4)21-17/h5-10H,11H2,1-4H3,(H,19,24). The molecule has 24 heavy (non-hydrogen) atoms. The summed E-state index contributed by atoms with van der Waals surface area (Å²) in [5.74, 6) is -0.207. The van der Waals surface area contributed by atoms with Crippen LogP contribution in [0.2, 0.25) is 0 Å². The highest BCUT2D eigenvalue weighted by molar-refractivity contribution is 6.02. The van der Waals surface area contributed by atoms with Crippen molar-refractivity contribution in [3.8, 4) is 0 Å². The van der Waals surface area contributed by atoms with E-state index in [1.807, 2.05) is 56.8 Å². The molecule has 3 rings (SSSR count). The highest BCUT2D eigenvalue weighted by atomic mass is 16.1. The Kier molecular flexibility index (Phi) is 4.20. The van der Waals surface area contributed by atoms with Gasteiger partial charge in [0, 0.05) is 24.1 Å². The Morgan fingerprint density at radius 1 is 1.08 bits per heavy atom. The van der Waals surface area contributed by atoms with Crippen molar-refractivity contribution in [2.75, 3.05) is 5.32 Å². The van der Waals surface area contributed by atoms with Crippen LogP contribution in [0, 0.1) is 20.8 Å². The molecule has 0 aliphatic carbocycles. The van der Waals surface area contributed by atoms with Crippen molar-refractivity contribution in [2.45, 2.75) is 27.3 Å². The molecule has 2 heterocycles. The first-order chi connectivity index (χ1) is 11.4. The lowest BCUT2D eigenvalue weighted by atomic mass is 10.2. The van der Waals surface area contributed by atoms with Crippen LogP contribution in [0.1, 0.15) is 33.1 Å². The third-order valence-electron chi connectivity index (χ3n) is 3.97. The normalized spacial score (nSPS) is 10.8. The molecule has 0 unspecified atom stereocenters. The molecular formula is C18H21N5O. The zero-order chi connectivity index (χ0) is 17.3. The summed E-state index contributed by atoms with van der Waals surface area (Å²) in [7, 11) is 1.82. The van der Waals surface area contributed by atoms with Gasteiger partial charge in [-0.2, -0.15) is 10.2 Å². The molecule has 0 aliphatic heterocycles. The van der Waals surface area contributed by atoms with Gasteiger partial charge in [0.05, 0.1) is 12.2 Å². The third-order valence-corrected chi connectivity index (χ3v) is 3.97. The van der Waals surface area contributed by atoms with Crippen LogP contribution in [-0.4, -0.2) is 25.5 Å². The van der Waals surface area contributed by atoms with Gasteiger partial charge in [0.2, 0.25) is 0 Å². The van der Waals surface area contributed by atoms with Crippen LogP contribution >= 0.6 is 0 Å². The predicted octanol–water partition coefficient (Wildman–Crippen LogP) is 2.84. The number of nitrogens with one attached hydrogen (secondary N) is 1. The molecule has 0 aliphatic rings. The molecule has 0 spiro atoms. The number of aromatic nitrogens is 4. The van der Waals surface area contributed by atoms with Crippen LogP contribution < -0.4 is 5.32 Å². The monoisotopic (exact) mass is 323 g/mol. The second kappa shape index (κ2) is 6.31. The van der Waals surface area contributed by atoms with E-state index in [0.29, 0.717) is 12.2 Å². The first-order valence-corrected chi connectivity index (χ1v) is 7.84. The quantitative estimate of drug-likeness (QED) is 0.803. The molecule has 0 radical (unpaired) electrons. The van der Waals surface area contributed by atoms with E-state index in [2.05, 4.69) is 21.6 Å². The van der Waals surface area contributed by atoms with Crippen molar-refractivity contribution >= 4 is 11.6 Å². The van der Waals surface area contributed by atoms with Crippen LogP contribution in [0.3, 0.4) is 0 Å². The SMILES string of the molecule is Cc1cc(C)n(Cc2cccc(NC(=O)c3cc(C)n(C)n3)c2)n1. The number of hydrogen-bond acceptors (Lipinski definition) is 3. The highest BCUT2D eigenvalue weighted by Crippen LogP contribution is 2.14. The maximum absolute atomic E-state index is 12.3. The molecule has 6 heteroatoms. The lowest BCUT2D eigenvalue weighted by molar-refractivity contribution is 0.102. The van der Waals surface area contributed by atoms with E-state index < -0.39 is 0 Å². The fraction of sp³-hybridized carbons (Fsp3) is 0.278. The second-order valence-electron chi connectivity index (χ2n) is 6.03. The Bertz CT molecular complexity index is 871. The van der Waals surface area contributed by atoms with Gasteiger partial charge in [0.25, 0.3) is 5.91 Å². The maximum Gasteiger partial charge on any atom is 0.276 e. The maximum atomic E-state index is 12.3. The first-order valence-electron chi connectivity index (χ1n) is 7.84. The third kappa shape index (κ3) is 3.37. The lowest BCUT2D eigenvalue weighted by Crippen LogP contribution is -2.13. The summed E-state index contributed by atoms with van der Waals surface area (Å²) >= 11 is 0. The number of benzene rings is 1. The number of anilines is 1. The van der Waals surface area contributed by atoms with Gasteiger partial charge in [0.1, 0.15) is 0 Å². The zero-order valence-electron chi connectivity index (χ0n) is 14.4. The summed E-state index contributed by atoms with van der Waals surface area (Å²) in [5, 5.41) is 11.6. The molecule has 0 atom stereocenters. The van der Waals surface area contributed by atoms with E-state index in [9.17, 15) is 4.79 Å². The molecule has 0 bridgehead atoms. The van der Waals surface area contributed by atoms with Crippen molar-refractivity contribution in [1.29, 1.82) is 0 Å². The minimum atomic E-state index is -0.207. The molecule has 0 fully saturated rings. The largest absolute Gasteiger partial charge is 0.321 e. The van der Waals surface area contributed by atoms with Crippen LogP contribution in [0.5, 0.6) is 0 Å². The molecule has 0 saturated heterocycles. The average molecular weight is 323 g/mol. The first kappa shape index (κ1) is 16.0. The Morgan fingerprint density at radius 3 is 2.50 bits per heavy atom. The van der Waals surface area contributed by atoms with Gasteiger partial charge >= 0.3 is 0 Å². The Hall–Kier alpha value is -2.89. The van der Waals surface area contributed by atoms with Gasteiger partial charge in [-0.3, -0.25) is 14.2 Å². The number of nitrogens with zero attached hydrogens (tertiary/aromatic N) is 4. The molecule has 3 aromatic rings. The van der Waals surface area contributed by atoms with Crippen molar-refractivity contribution in [3.63, 3.8) is 0 Å². The molecule has 1 amide bonds. The molecule has 0 saturated carbocycles. The van der Waals surface area contributed by atoms with Gasteiger partial charge in [0.15, 0.2) is 5.69 Å². The molecule has 1 N–H and O–H groups in total. The predicted molar refractivity (Wildman–Crippen MR) is 93.1 cm³/mol. The highest BCUT2D eigenvalue weighted by Gasteiger charge is 2.11. The van der Waals surface area contributed by atoms with E-state index in [1.165, 1.54) is 0 Å². The lowest BCUT2D eigenvalue weighted by Gasteiger charge is -2.08. The Labute approximate surface area is 141 Å². The van der Waals surface area contributed by atoms with Gasteiger partial charge < -0.3 is 5.32 Å². The van der Waals surface area contributed by atoms with E-state index in [1.54, 1.807) is 10.7 Å². The van der Waals surface area contributed by atoms with Gasteiger partial charge in [-0.15, -0.1) is 0 Å². The van der Waals surface area contributed by atoms with Crippen LogP contribution in [0.4, 0.5) is 5.69 Å². The average Bonchev–Trinajstić information content (AvgIpc) is 3.02. The number of aryl methyl sites for hydroxylation is 4. The number of rotatable bonds is 4. The summed E-state index contributed by atoms with van der Waals surface area (Å²) in [6, 6.07) is 11.6. The summed E-state index contributed by atoms with van der Waals surface area (Å²) in [5.41, 5.74) is 5.31. The topological polar surface area (TPSA) is 64.7 Å². The minimum absolute atomic E-state index is 0.207. The van der Waals surface area contributed by atoms with Crippen molar-refractivity contribution < 1.29 is 4.79 Å². The van der Waals surface area contributed by atoms with E-state index in [-0.39, 0.29) is 5.91 Å². The summed E-state index contributed by atoms with van der Waals surface area (Å²) < 4.78 is 3.65. The van der Waals surface area contributed by atoms with Crippen LogP contribution in [0.25, 0.3) is 0 Å². The summed E-state index contributed by atoms with van der Waals surface area (Å²) in [6.07, 6.45) is 0. The molecule has 124 valence electrons. The van der Waals surface area contributed by atoms with Crippen LogP contribution in [-0.2, 0) is 13.6 Å². The number of hydrogen-bond donors (Lipinski definition) is 1. The van der Waals surface area contributed by atoms with E-state index >= 15 is 0 Å². The van der Waals surface area contributed by atoms with Crippen molar-refractivity contribution in [1.82, 2.24) is 19.6 Å². The Morgan fingerprint density at radius 2 is 1.88 bits per heavy atom. The molecule has 6 nitrogen and oxygen atoms in total. The fourth-order valence-electron chi connectivity index (χ4n) is 2.62. The fourth-order valence-corrected chi connectivity index (χ4v) is 2.62. The second-order valence-corrected chi connectivity index (χ2v) is 6.03. The smallest absolute Gasteiger partial charge is 0.276 e. The molecular weight excluding hydrogens is 302 g/mol. The van der Waals surface area contributed by atoms with Crippen LogP contribution in [0.15, 0.2) is 36.4 Å². The van der Waals surface area contributed by atoms with Gasteiger partial charge in [-0.1, -0.05) is 12.1 Å². The number of amides is 1. The number of carbonyl (C=O) groups is 1. The number of carbonyl (C=O) groups excluding carboxylic acids is 1. The molecule has 2 aromatic heterocycles. The zero-order valence-corrected chi connectivity index (χ0v) is 14.4.